The fourth-order valence-corrected chi connectivity index (χ4v) is 6.66. The molecular weight excluding hydrogens is 610 g/mol. The molecule has 8 heteroatoms. The first-order valence-corrected chi connectivity index (χ1v) is 21.3. The summed E-state index contributed by atoms with van der Waals surface area (Å²) in [5.41, 5.74) is 0. The molecule has 3 unspecified atom stereocenters. The smallest absolute Gasteiger partial charge is 0.267 e. The minimum Gasteiger partial charge on any atom is -0.387 e. The summed E-state index contributed by atoms with van der Waals surface area (Å²) in [6, 6.07) is -1.23. The van der Waals surface area contributed by atoms with Gasteiger partial charge in [-0.05, 0) is 44.9 Å². The molecule has 0 aromatic carbocycles. The van der Waals surface area contributed by atoms with Crippen LogP contribution in [0.25, 0.3) is 0 Å². The fraction of sp³-hybridized carbons (Fsp3) is 0.872. The Bertz CT molecular complexity index is 860. The Morgan fingerprint density at radius 3 is 1.34 bits per heavy atom. The van der Waals surface area contributed by atoms with Crippen molar-refractivity contribution in [1.82, 2.24) is 5.32 Å². The van der Waals surface area contributed by atoms with Crippen LogP contribution in [-0.4, -0.2) is 53.1 Å². The molecule has 0 aliphatic rings. The molecule has 4 N–H and O–H groups in total. The predicted octanol–water partition coefficient (Wildman–Crippen LogP) is 10.2. The van der Waals surface area contributed by atoms with Crippen molar-refractivity contribution in [2.24, 2.45) is 0 Å². The predicted molar refractivity (Wildman–Crippen MR) is 199 cm³/mol. The lowest BCUT2D eigenvalue weighted by molar-refractivity contribution is -0.130. The highest BCUT2D eigenvalue weighted by Gasteiger charge is 2.27. The van der Waals surface area contributed by atoms with Gasteiger partial charge in [-0.3, -0.25) is 9.35 Å². The lowest BCUT2D eigenvalue weighted by Crippen LogP contribution is -2.50. The van der Waals surface area contributed by atoms with Crippen molar-refractivity contribution >= 4 is 16.0 Å². The number of aliphatic hydroxyl groups is 2. The third-order valence-electron chi connectivity index (χ3n) is 8.98. The van der Waals surface area contributed by atoms with Gasteiger partial charge in [0.1, 0.15) is 6.10 Å². The van der Waals surface area contributed by atoms with Crippen LogP contribution in [0, 0.1) is 0 Å². The topological polar surface area (TPSA) is 124 Å². The summed E-state index contributed by atoms with van der Waals surface area (Å²) in [4.78, 5) is 12.5. The second-order valence-electron chi connectivity index (χ2n) is 13.7. The number of rotatable bonds is 35. The van der Waals surface area contributed by atoms with E-state index in [-0.39, 0.29) is 6.42 Å². The minimum atomic E-state index is -4.44. The molecule has 7 nitrogen and oxygen atoms in total. The molecule has 0 radical (unpaired) electrons. The number of amides is 1. The molecule has 0 aromatic heterocycles. The number of nitrogens with one attached hydrogen (secondary N) is 1. The zero-order valence-corrected chi connectivity index (χ0v) is 31.3. The van der Waals surface area contributed by atoms with E-state index in [1.54, 1.807) is 6.08 Å². The molecular formula is C39H75NO6S. The quantitative estimate of drug-likeness (QED) is 0.0299. The molecule has 0 saturated heterocycles. The van der Waals surface area contributed by atoms with Gasteiger partial charge in [-0.1, -0.05) is 173 Å². The lowest BCUT2D eigenvalue weighted by atomic mass is 10.0. The second kappa shape index (κ2) is 33.3. The van der Waals surface area contributed by atoms with Gasteiger partial charge in [0.2, 0.25) is 5.91 Å². The SMILES string of the molecule is CCCCCCCCCCC/C=C\CCCCCCCCC(O)C(=O)NC(CS(=O)(=O)O)C(O)/C=C/CCCCCCCCCCC. The van der Waals surface area contributed by atoms with E-state index in [9.17, 15) is 28.0 Å². The van der Waals surface area contributed by atoms with E-state index >= 15 is 0 Å². The van der Waals surface area contributed by atoms with Crippen LogP contribution in [-0.2, 0) is 14.9 Å². The van der Waals surface area contributed by atoms with Crippen LogP contribution >= 0.6 is 0 Å². The number of hydrogen-bond donors (Lipinski definition) is 4. The van der Waals surface area contributed by atoms with Gasteiger partial charge in [0.15, 0.2) is 0 Å². The zero-order chi connectivity index (χ0) is 34.9. The lowest BCUT2D eigenvalue weighted by Gasteiger charge is -2.22. The Balaban J connectivity index is 4.02. The molecule has 278 valence electrons. The summed E-state index contributed by atoms with van der Waals surface area (Å²) in [5, 5.41) is 23.3. The second-order valence-corrected chi connectivity index (χ2v) is 15.2. The maximum atomic E-state index is 12.5. The van der Waals surface area contributed by atoms with E-state index in [0.29, 0.717) is 6.42 Å². The molecule has 0 spiro atoms. The molecule has 47 heavy (non-hydrogen) atoms. The van der Waals surface area contributed by atoms with Crippen molar-refractivity contribution in [3.63, 3.8) is 0 Å². The van der Waals surface area contributed by atoms with Gasteiger partial charge in [0.05, 0.1) is 17.9 Å². The van der Waals surface area contributed by atoms with E-state index in [2.05, 4.69) is 31.3 Å². The number of unbranched alkanes of at least 4 members (excludes halogenated alkanes) is 24. The first-order valence-electron chi connectivity index (χ1n) is 19.6. The molecule has 0 fully saturated rings. The van der Waals surface area contributed by atoms with Gasteiger partial charge in [0, 0.05) is 0 Å². The molecule has 0 heterocycles. The maximum absolute atomic E-state index is 12.5. The number of carbonyl (C=O) groups is 1. The van der Waals surface area contributed by atoms with Crippen LogP contribution in [0.15, 0.2) is 24.3 Å². The van der Waals surface area contributed by atoms with Crippen molar-refractivity contribution in [1.29, 1.82) is 0 Å². The highest BCUT2D eigenvalue weighted by molar-refractivity contribution is 7.85. The largest absolute Gasteiger partial charge is 0.387 e. The maximum Gasteiger partial charge on any atom is 0.267 e. The monoisotopic (exact) mass is 686 g/mol. The van der Waals surface area contributed by atoms with Crippen molar-refractivity contribution in [3.8, 4) is 0 Å². The van der Waals surface area contributed by atoms with Crippen LogP contribution in [0.2, 0.25) is 0 Å². The summed E-state index contributed by atoms with van der Waals surface area (Å²) < 4.78 is 32.4. The third kappa shape index (κ3) is 33.1. The molecule has 0 aromatic rings. The Hall–Kier alpha value is -1.22. The minimum absolute atomic E-state index is 0.274. The van der Waals surface area contributed by atoms with E-state index in [1.165, 1.54) is 128 Å². The third-order valence-corrected chi connectivity index (χ3v) is 9.76. The van der Waals surface area contributed by atoms with Gasteiger partial charge in [0.25, 0.3) is 10.1 Å². The molecule has 0 aliphatic carbocycles. The van der Waals surface area contributed by atoms with Gasteiger partial charge in [-0.25, -0.2) is 0 Å². The summed E-state index contributed by atoms with van der Waals surface area (Å²) in [6.07, 6.45) is 38.1. The van der Waals surface area contributed by atoms with Crippen molar-refractivity contribution in [2.45, 2.75) is 212 Å². The van der Waals surface area contributed by atoms with Gasteiger partial charge in [-0.2, -0.15) is 8.42 Å². The van der Waals surface area contributed by atoms with E-state index < -0.39 is 40.0 Å². The summed E-state index contributed by atoms with van der Waals surface area (Å²) >= 11 is 0. The average Bonchev–Trinajstić information content (AvgIpc) is 3.03. The van der Waals surface area contributed by atoms with Crippen molar-refractivity contribution in [3.05, 3.63) is 24.3 Å². The van der Waals surface area contributed by atoms with E-state index in [4.69, 9.17) is 0 Å². The van der Waals surface area contributed by atoms with E-state index in [0.717, 1.165) is 44.9 Å². The Morgan fingerprint density at radius 1 is 0.574 bits per heavy atom. The van der Waals surface area contributed by atoms with Gasteiger partial charge >= 0.3 is 0 Å². The normalized spacial score (nSPS) is 14.2. The number of carbonyl (C=O) groups excluding carboxylic acids is 1. The van der Waals surface area contributed by atoms with Crippen LogP contribution in [0.3, 0.4) is 0 Å². The first kappa shape index (κ1) is 45.8. The number of allylic oxidation sites excluding steroid dienone is 3. The van der Waals surface area contributed by atoms with E-state index in [1.807, 2.05) is 0 Å². The van der Waals surface area contributed by atoms with Gasteiger partial charge in [-0.15, -0.1) is 0 Å². The molecule has 0 saturated carbocycles. The Labute approximate surface area is 290 Å². The van der Waals surface area contributed by atoms with Crippen LogP contribution in [0.4, 0.5) is 0 Å². The highest BCUT2D eigenvalue weighted by Crippen LogP contribution is 2.14. The van der Waals surface area contributed by atoms with Crippen LogP contribution in [0.5, 0.6) is 0 Å². The Morgan fingerprint density at radius 2 is 0.936 bits per heavy atom. The molecule has 0 bridgehead atoms. The zero-order valence-electron chi connectivity index (χ0n) is 30.5. The summed E-state index contributed by atoms with van der Waals surface area (Å²) in [7, 11) is -4.44. The molecule has 0 aliphatic heterocycles. The molecule has 1 amide bonds. The standard InChI is InChI=1S/C39H75NO6S/c1-3-5-7-9-11-13-15-16-17-18-19-20-21-22-24-26-28-30-32-34-38(42)39(43)40-36(35-47(44,45)46)37(41)33-31-29-27-25-23-14-12-10-8-6-4-2/h19-20,31,33,36-38,41-42H,3-18,21-30,32,34-35H2,1-2H3,(H,40,43)(H,44,45,46)/b20-19-,33-31+. The number of hydrogen-bond acceptors (Lipinski definition) is 5. The highest BCUT2D eigenvalue weighted by atomic mass is 32.2. The van der Waals surface area contributed by atoms with Crippen LogP contribution in [0.1, 0.15) is 194 Å². The molecule has 0 rings (SSSR count). The van der Waals surface area contributed by atoms with Crippen molar-refractivity contribution < 1.29 is 28.0 Å². The fourth-order valence-electron chi connectivity index (χ4n) is 5.92. The van der Waals surface area contributed by atoms with Gasteiger partial charge < -0.3 is 15.5 Å². The summed E-state index contributed by atoms with van der Waals surface area (Å²) in [6.45, 7) is 4.48. The molecule has 3 atom stereocenters. The summed E-state index contributed by atoms with van der Waals surface area (Å²) in [5.74, 6) is -1.54. The first-order chi connectivity index (χ1) is 22.7. The van der Waals surface area contributed by atoms with Crippen molar-refractivity contribution in [2.75, 3.05) is 5.75 Å². The Kier molecular flexibility index (Phi) is 32.4. The van der Waals surface area contributed by atoms with Crippen LogP contribution < -0.4 is 5.32 Å². The average molecular weight is 686 g/mol. The number of aliphatic hydroxyl groups excluding tert-OH is 2.